The van der Waals surface area contributed by atoms with E-state index in [1.165, 1.54) is 0 Å². The van der Waals surface area contributed by atoms with Gasteiger partial charge in [0, 0.05) is 18.3 Å². The van der Waals surface area contributed by atoms with Gasteiger partial charge in [0.2, 0.25) is 0 Å². The quantitative estimate of drug-likeness (QED) is 0.869. The Morgan fingerprint density at radius 2 is 1.90 bits per heavy atom. The van der Waals surface area contributed by atoms with E-state index in [4.69, 9.17) is 0 Å². The average Bonchev–Trinajstić information content (AvgIpc) is 3.05. The molecule has 0 aromatic heterocycles. The smallest absolute Gasteiger partial charge is 0.322 e. The van der Waals surface area contributed by atoms with E-state index < -0.39 is 11.9 Å². The van der Waals surface area contributed by atoms with Crippen LogP contribution in [-0.4, -0.2) is 29.7 Å². The third-order valence-electron chi connectivity index (χ3n) is 4.19. The monoisotopic (exact) mass is 274 g/mol. The fourth-order valence-corrected chi connectivity index (χ4v) is 3.13. The van der Waals surface area contributed by atoms with Crippen LogP contribution in [-0.2, 0) is 4.79 Å². The lowest BCUT2D eigenvalue weighted by Gasteiger charge is -2.21. The number of nitrogens with zero attached hydrogens (tertiary/aromatic N) is 1. The molecule has 0 spiro atoms. The van der Waals surface area contributed by atoms with Gasteiger partial charge in [-0.25, -0.2) is 4.79 Å². The summed E-state index contributed by atoms with van der Waals surface area (Å²) in [6.07, 6.45) is 4.34. The maximum Gasteiger partial charge on any atom is 0.322 e. The molecule has 1 aromatic carbocycles. The number of benzene rings is 1. The van der Waals surface area contributed by atoms with Crippen molar-refractivity contribution in [2.45, 2.75) is 37.6 Å². The molecule has 1 aromatic rings. The van der Waals surface area contributed by atoms with E-state index in [0.29, 0.717) is 0 Å². The number of rotatable bonds is 2. The predicted molar refractivity (Wildman–Crippen MR) is 75.0 cm³/mol. The number of para-hydroxylation sites is 1. The molecule has 2 aliphatic rings. The summed E-state index contributed by atoms with van der Waals surface area (Å²) in [4.78, 5) is 25.2. The van der Waals surface area contributed by atoms with Crippen LogP contribution in [0.2, 0.25) is 0 Å². The Bertz CT molecular complexity index is 538. The van der Waals surface area contributed by atoms with Crippen LogP contribution in [0.3, 0.4) is 0 Å². The van der Waals surface area contributed by atoms with Crippen molar-refractivity contribution < 1.29 is 14.7 Å². The fraction of sp³-hybridized carbons (Fsp3) is 0.467. The molecular formula is C15H18N2O3. The predicted octanol–water partition coefficient (Wildman–Crippen LogP) is 2.33. The van der Waals surface area contributed by atoms with Crippen molar-refractivity contribution in [3.05, 3.63) is 29.8 Å². The van der Waals surface area contributed by atoms with Crippen LogP contribution in [0.5, 0.6) is 0 Å². The molecule has 0 radical (unpaired) electrons. The number of anilines is 1. The summed E-state index contributed by atoms with van der Waals surface area (Å²) in [5.41, 5.74) is 1.44. The maximum atomic E-state index is 12.4. The summed E-state index contributed by atoms with van der Waals surface area (Å²) in [7, 11) is 0. The molecule has 1 unspecified atom stereocenters. The maximum absolute atomic E-state index is 12.4. The van der Waals surface area contributed by atoms with E-state index in [9.17, 15) is 14.7 Å². The summed E-state index contributed by atoms with van der Waals surface area (Å²) >= 11 is 0. The molecule has 1 heterocycles. The molecule has 1 aliphatic heterocycles. The van der Waals surface area contributed by atoms with E-state index in [2.05, 4.69) is 5.32 Å². The van der Waals surface area contributed by atoms with Crippen molar-refractivity contribution in [3.8, 4) is 0 Å². The summed E-state index contributed by atoms with van der Waals surface area (Å²) in [5, 5.41) is 12.3. The summed E-state index contributed by atoms with van der Waals surface area (Å²) in [6, 6.07) is 7.31. The molecule has 3 rings (SSSR count). The minimum absolute atomic E-state index is 0.173. The van der Waals surface area contributed by atoms with E-state index >= 15 is 0 Å². The Kier molecular flexibility index (Phi) is 3.34. The number of hydrogen-bond acceptors (Lipinski definition) is 2. The van der Waals surface area contributed by atoms with Gasteiger partial charge in [0.15, 0.2) is 0 Å². The number of urea groups is 1. The van der Waals surface area contributed by atoms with Crippen molar-refractivity contribution in [1.82, 2.24) is 5.32 Å². The second-order valence-corrected chi connectivity index (χ2v) is 5.49. The number of carbonyl (C=O) groups is 2. The second-order valence-electron chi connectivity index (χ2n) is 5.49. The van der Waals surface area contributed by atoms with E-state index in [0.717, 1.165) is 36.9 Å². The Labute approximate surface area is 117 Å². The third kappa shape index (κ3) is 2.24. The van der Waals surface area contributed by atoms with Gasteiger partial charge in [-0.15, -0.1) is 0 Å². The molecule has 0 bridgehead atoms. The molecule has 1 saturated carbocycles. The largest absolute Gasteiger partial charge is 0.481 e. The minimum atomic E-state index is -0.881. The molecule has 5 heteroatoms. The van der Waals surface area contributed by atoms with E-state index in [1.54, 1.807) is 11.0 Å². The lowest BCUT2D eigenvalue weighted by molar-refractivity contribution is -0.138. The first-order valence-electron chi connectivity index (χ1n) is 7.06. The standard InChI is InChI=1S/C15H18N2O3/c18-14(19)12-9-17(13-8-4-3-7-11(12)13)15(20)16-10-5-1-2-6-10/h3-4,7-8,10,12H,1-2,5-6,9H2,(H,16,20)(H,18,19). The van der Waals surface area contributed by atoms with Crippen LogP contribution in [0.25, 0.3) is 0 Å². The molecular weight excluding hydrogens is 256 g/mol. The number of nitrogens with one attached hydrogen (secondary N) is 1. The Hall–Kier alpha value is -2.04. The first-order valence-corrected chi connectivity index (χ1v) is 7.06. The number of aliphatic carboxylic acids is 1. The summed E-state index contributed by atoms with van der Waals surface area (Å²) in [5.74, 6) is -1.51. The molecule has 2 N–H and O–H groups in total. The fourth-order valence-electron chi connectivity index (χ4n) is 3.13. The van der Waals surface area contributed by atoms with Crippen LogP contribution in [0.1, 0.15) is 37.2 Å². The van der Waals surface area contributed by atoms with Gasteiger partial charge in [0.05, 0.1) is 0 Å². The van der Waals surface area contributed by atoms with Crippen molar-refractivity contribution in [1.29, 1.82) is 0 Å². The molecule has 1 fully saturated rings. The zero-order valence-electron chi connectivity index (χ0n) is 11.2. The number of fused-ring (bicyclic) bond motifs is 1. The van der Waals surface area contributed by atoms with Gasteiger partial charge >= 0.3 is 12.0 Å². The van der Waals surface area contributed by atoms with Crippen molar-refractivity contribution in [2.75, 3.05) is 11.4 Å². The highest BCUT2D eigenvalue weighted by atomic mass is 16.4. The first kappa shape index (κ1) is 13.0. The third-order valence-corrected chi connectivity index (χ3v) is 4.19. The summed E-state index contributed by atoms with van der Waals surface area (Å²) in [6.45, 7) is 0.216. The van der Waals surface area contributed by atoms with Gasteiger partial charge in [-0.1, -0.05) is 31.0 Å². The molecule has 1 aliphatic carbocycles. The number of carboxylic acid groups (broad SMARTS) is 1. The Morgan fingerprint density at radius 1 is 1.20 bits per heavy atom. The van der Waals surface area contributed by atoms with Crippen LogP contribution in [0, 0.1) is 0 Å². The topological polar surface area (TPSA) is 69.6 Å². The average molecular weight is 274 g/mol. The van der Waals surface area contributed by atoms with Gasteiger partial charge in [-0.05, 0) is 24.5 Å². The van der Waals surface area contributed by atoms with Gasteiger partial charge < -0.3 is 10.4 Å². The van der Waals surface area contributed by atoms with Crippen LogP contribution < -0.4 is 10.2 Å². The zero-order chi connectivity index (χ0) is 14.1. The van der Waals surface area contributed by atoms with Gasteiger partial charge in [0.25, 0.3) is 0 Å². The van der Waals surface area contributed by atoms with Crippen LogP contribution in [0.4, 0.5) is 10.5 Å². The van der Waals surface area contributed by atoms with E-state index in [1.807, 2.05) is 18.2 Å². The molecule has 20 heavy (non-hydrogen) atoms. The molecule has 5 nitrogen and oxygen atoms in total. The number of carboxylic acids is 1. The van der Waals surface area contributed by atoms with Crippen molar-refractivity contribution >= 4 is 17.7 Å². The SMILES string of the molecule is O=C(O)C1CN(C(=O)NC2CCCC2)c2ccccc21. The lowest BCUT2D eigenvalue weighted by atomic mass is 10.0. The first-order chi connectivity index (χ1) is 9.66. The van der Waals surface area contributed by atoms with Crippen LogP contribution >= 0.6 is 0 Å². The molecule has 0 saturated heterocycles. The number of amides is 2. The van der Waals surface area contributed by atoms with E-state index in [-0.39, 0.29) is 18.6 Å². The van der Waals surface area contributed by atoms with Gasteiger partial charge in [-0.2, -0.15) is 0 Å². The van der Waals surface area contributed by atoms with Crippen molar-refractivity contribution in [3.63, 3.8) is 0 Å². The van der Waals surface area contributed by atoms with Crippen LogP contribution in [0.15, 0.2) is 24.3 Å². The highest BCUT2D eigenvalue weighted by molar-refractivity contribution is 5.98. The minimum Gasteiger partial charge on any atom is -0.481 e. The molecule has 2 amide bonds. The van der Waals surface area contributed by atoms with Gasteiger partial charge in [0.1, 0.15) is 5.92 Å². The zero-order valence-corrected chi connectivity index (χ0v) is 11.2. The molecule has 1 atom stereocenters. The highest BCUT2D eigenvalue weighted by Crippen LogP contribution is 2.36. The number of hydrogen-bond donors (Lipinski definition) is 2. The summed E-state index contributed by atoms with van der Waals surface area (Å²) < 4.78 is 0. The number of carbonyl (C=O) groups excluding carboxylic acids is 1. The lowest BCUT2D eigenvalue weighted by Crippen LogP contribution is -2.44. The Balaban J connectivity index is 1.80. The highest BCUT2D eigenvalue weighted by Gasteiger charge is 2.36. The van der Waals surface area contributed by atoms with Crippen molar-refractivity contribution in [2.24, 2.45) is 0 Å². The molecule has 106 valence electrons. The Morgan fingerprint density at radius 3 is 2.60 bits per heavy atom. The normalized spacial score (nSPS) is 21.8. The van der Waals surface area contributed by atoms with Gasteiger partial charge in [-0.3, -0.25) is 9.69 Å². The second kappa shape index (κ2) is 5.15.